The van der Waals surface area contributed by atoms with Crippen molar-refractivity contribution in [1.29, 1.82) is 0 Å². The van der Waals surface area contributed by atoms with Crippen LogP contribution in [0.4, 0.5) is 17.6 Å². The fourth-order valence-corrected chi connectivity index (χ4v) is 3.45. The zero-order valence-corrected chi connectivity index (χ0v) is 15.6. The van der Waals surface area contributed by atoms with E-state index in [-0.39, 0.29) is 17.9 Å². The number of benzene rings is 2. The maximum absolute atomic E-state index is 13.7. The van der Waals surface area contributed by atoms with Crippen molar-refractivity contribution in [3.05, 3.63) is 77.1 Å². The molecule has 1 heterocycles. The predicted molar refractivity (Wildman–Crippen MR) is 102 cm³/mol. The van der Waals surface area contributed by atoms with Gasteiger partial charge in [0.2, 0.25) is 5.91 Å². The fraction of sp³-hybridized carbons (Fsp3) is 0.318. The molecule has 1 saturated heterocycles. The molecule has 154 valence electrons. The number of carbonyl (C=O) groups is 1. The lowest BCUT2D eigenvalue weighted by molar-refractivity contribution is -0.137. The Morgan fingerprint density at radius 3 is 2.52 bits per heavy atom. The third-order valence-corrected chi connectivity index (χ3v) is 5.13. The fourth-order valence-electron chi connectivity index (χ4n) is 3.45. The largest absolute Gasteiger partial charge is 0.416 e. The summed E-state index contributed by atoms with van der Waals surface area (Å²) in [5.41, 5.74) is -0.142. The molecule has 1 amide bonds. The molecule has 0 radical (unpaired) electrons. The lowest BCUT2D eigenvalue weighted by Gasteiger charge is -2.37. The van der Waals surface area contributed by atoms with Gasteiger partial charge in [-0.2, -0.15) is 13.2 Å². The molecule has 2 aromatic carbocycles. The van der Waals surface area contributed by atoms with Crippen LogP contribution in [-0.2, 0) is 21.1 Å². The maximum Gasteiger partial charge on any atom is 0.416 e. The summed E-state index contributed by atoms with van der Waals surface area (Å²) in [5, 5.41) is 2.80. The Kier molecular flexibility index (Phi) is 6.37. The molecule has 1 aliphatic rings. The average molecular weight is 407 g/mol. The number of hydrogen-bond donors (Lipinski definition) is 1. The lowest BCUT2D eigenvalue weighted by Crippen LogP contribution is -2.44. The first-order chi connectivity index (χ1) is 13.8. The molecule has 0 unspecified atom stereocenters. The van der Waals surface area contributed by atoms with Crippen LogP contribution in [0.3, 0.4) is 0 Å². The number of hydrogen-bond acceptors (Lipinski definition) is 2. The van der Waals surface area contributed by atoms with Gasteiger partial charge in [-0.25, -0.2) is 4.39 Å². The molecule has 2 aromatic rings. The van der Waals surface area contributed by atoms with Gasteiger partial charge in [0.05, 0.1) is 5.56 Å². The first-order valence-corrected chi connectivity index (χ1v) is 9.26. The normalized spacial score (nSPS) is 16.7. The molecule has 1 fully saturated rings. The van der Waals surface area contributed by atoms with Gasteiger partial charge in [-0.15, -0.1) is 0 Å². The lowest BCUT2D eigenvalue weighted by atomic mass is 9.74. The number of amides is 1. The molecular formula is C22H21F4NO2. The highest BCUT2D eigenvalue weighted by molar-refractivity contribution is 5.91. The van der Waals surface area contributed by atoms with Gasteiger partial charge in [0.1, 0.15) is 5.82 Å². The molecule has 0 saturated carbocycles. The van der Waals surface area contributed by atoms with Crippen LogP contribution in [0.5, 0.6) is 0 Å². The highest BCUT2D eigenvalue weighted by Crippen LogP contribution is 2.34. The molecule has 0 atom stereocenters. The third kappa shape index (κ3) is 5.44. The molecule has 1 N–H and O–H groups in total. The van der Waals surface area contributed by atoms with E-state index < -0.39 is 23.1 Å². The van der Waals surface area contributed by atoms with Crippen molar-refractivity contribution in [1.82, 2.24) is 5.32 Å². The Bertz CT molecular complexity index is 886. The molecule has 1 aliphatic heterocycles. The molecular weight excluding hydrogens is 386 g/mol. The van der Waals surface area contributed by atoms with Crippen LogP contribution in [0.15, 0.2) is 54.6 Å². The number of alkyl halides is 3. The van der Waals surface area contributed by atoms with Crippen molar-refractivity contribution in [2.75, 3.05) is 19.8 Å². The molecule has 3 rings (SSSR count). The van der Waals surface area contributed by atoms with Crippen LogP contribution in [-0.4, -0.2) is 25.7 Å². The van der Waals surface area contributed by atoms with Crippen LogP contribution in [0.25, 0.3) is 6.08 Å². The number of halogens is 4. The zero-order chi connectivity index (χ0) is 20.9. The van der Waals surface area contributed by atoms with Crippen LogP contribution in [0, 0.1) is 5.82 Å². The minimum absolute atomic E-state index is 0.279. The summed E-state index contributed by atoms with van der Waals surface area (Å²) in [5.74, 6) is -0.770. The smallest absolute Gasteiger partial charge is 0.381 e. The van der Waals surface area contributed by atoms with E-state index in [9.17, 15) is 22.4 Å². The minimum Gasteiger partial charge on any atom is -0.381 e. The van der Waals surface area contributed by atoms with Crippen molar-refractivity contribution in [2.45, 2.75) is 24.4 Å². The highest BCUT2D eigenvalue weighted by Gasteiger charge is 2.35. The van der Waals surface area contributed by atoms with Gasteiger partial charge in [0.15, 0.2) is 0 Å². The topological polar surface area (TPSA) is 38.3 Å². The third-order valence-electron chi connectivity index (χ3n) is 5.13. The Hall–Kier alpha value is -2.67. The summed E-state index contributed by atoms with van der Waals surface area (Å²) in [6, 6.07) is 11.0. The van der Waals surface area contributed by atoms with Crippen LogP contribution in [0.1, 0.15) is 29.5 Å². The SMILES string of the molecule is O=C(/C=C/c1cccc(C(F)(F)F)c1)NCC1(c2cccc(F)c2)CCOCC1. The molecule has 3 nitrogen and oxygen atoms in total. The van der Waals surface area contributed by atoms with Crippen molar-refractivity contribution >= 4 is 12.0 Å². The van der Waals surface area contributed by atoms with E-state index >= 15 is 0 Å². The molecule has 29 heavy (non-hydrogen) atoms. The molecule has 0 aliphatic carbocycles. The number of carbonyl (C=O) groups excluding carboxylic acids is 1. The van der Waals surface area contributed by atoms with E-state index in [1.54, 1.807) is 6.07 Å². The number of rotatable bonds is 5. The summed E-state index contributed by atoms with van der Waals surface area (Å²) in [7, 11) is 0. The van der Waals surface area contributed by atoms with Gasteiger partial charge in [0.25, 0.3) is 0 Å². The summed E-state index contributed by atoms with van der Waals surface area (Å²) < 4.78 is 57.5. The standard InChI is InChI=1S/C22H21F4NO2/c23-19-6-2-4-17(14-19)21(9-11-29-12-10-21)15-27-20(28)8-7-16-3-1-5-18(13-16)22(24,25)26/h1-8,13-14H,9-12,15H2,(H,27,28)/b8-7+. The van der Waals surface area contributed by atoms with Crippen molar-refractivity contribution in [3.8, 4) is 0 Å². The van der Waals surface area contributed by atoms with Gasteiger partial charge >= 0.3 is 6.18 Å². The second kappa shape index (κ2) is 8.78. The van der Waals surface area contributed by atoms with E-state index in [4.69, 9.17) is 4.74 Å². The van der Waals surface area contributed by atoms with Gasteiger partial charge < -0.3 is 10.1 Å². The van der Waals surface area contributed by atoms with Crippen molar-refractivity contribution in [3.63, 3.8) is 0 Å². The first kappa shape index (κ1) is 21.0. The second-order valence-electron chi connectivity index (χ2n) is 7.08. The average Bonchev–Trinajstić information content (AvgIpc) is 2.71. The highest BCUT2D eigenvalue weighted by atomic mass is 19.4. The number of ether oxygens (including phenoxy) is 1. The summed E-state index contributed by atoms with van der Waals surface area (Å²) in [4.78, 5) is 12.3. The van der Waals surface area contributed by atoms with Crippen molar-refractivity contribution < 1.29 is 27.1 Å². The molecule has 0 aromatic heterocycles. The van der Waals surface area contributed by atoms with E-state index in [2.05, 4.69) is 5.32 Å². The monoisotopic (exact) mass is 407 g/mol. The Morgan fingerprint density at radius 1 is 1.10 bits per heavy atom. The quantitative estimate of drug-likeness (QED) is 0.575. The van der Waals surface area contributed by atoms with Gasteiger partial charge in [-0.1, -0.05) is 24.3 Å². The van der Waals surface area contributed by atoms with Gasteiger partial charge in [0, 0.05) is 31.2 Å². The molecule has 7 heteroatoms. The molecule has 0 bridgehead atoms. The van der Waals surface area contributed by atoms with E-state index in [1.807, 2.05) is 6.07 Å². The van der Waals surface area contributed by atoms with Crippen LogP contribution >= 0.6 is 0 Å². The Morgan fingerprint density at radius 2 is 1.83 bits per heavy atom. The minimum atomic E-state index is -4.44. The van der Waals surface area contributed by atoms with E-state index in [0.29, 0.717) is 26.1 Å². The summed E-state index contributed by atoms with van der Waals surface area (Å²) >= 11 is 0. The predicted octanol–water partition coefficient (Wildman–Crippen LogP) is 4.72. The van der Waals surface area contributed by atoms with E-state index in [0.717, 1.165) is 17.7 Å². The first-order valence-electron chi connectivity index (χ1n) is 9.26. The van der Waals surface area contributed by atoms with Crippen LogP contribution in [0.2, 0.25) is 0 Å². The van der Waals surface area contributed by atoms with Gasteiger partial charge in [-0.05, 0) is 54.3 Å². The van der Waals surface area contributed by atoms with Gasteiger partial charge in [-0.3, -0.25) is 4.79 Å². The Labute approximate surface area is 166 Å². The molecule has 0 spiro atoms. The van der Waals surface area contributed by atoms with E-state index in [1.165, 1.54) is 36.4 Å². The van der Waals surface area contributed by atoms with Crippen molar-refractivity contribution in [2.24, 2.45) is 0 Å². The number of nitrogens with one attached hydrogen (secondary N) is 1. The summed E-state index contributed by atoms with van der Waals surface area (Å²) in [6.07, 6.45) is -0.633. The second-order valence-corrected chi connectivity index (χ2v) is 7.08. The summed E-state index contributed by atoms with van der Waals surface area (Å²) in [6.45, 7) is 1.30. The Balaban J connectivity index is 1.69. The van der Waals surface area contributed by atoms with Crippen LogP contribution < -0.4 is 5.32 Å². The zero-order valence-electron chi connectivity index (χ0n) is 15.6. The maximum atomic E-state index is 13.7.